The molecule has 0 atom stereocenters. The van der Waals surface area contributed by atoms with Crippen molar-refractivity contribution < 1.29 is 14.3 Å². The van der Waals surface area contributed by atoms with E-state index in [1.165, 1.54) is 18.4 Å². The molecular weight excluding hydrogens is 390 g/mol. The van der Waals surface area contributed by atoms with E-state index in [-0.39, 0.29) is 12.5 Å². The normalized spacial score (nSPS) is 13.5. The number of aromatic amines is 1. The van der Waals surface area contributed by atoms with E-state index in [0.717, 1.165) is 36.1 Å². The minimum atomic E-state index is -0.170. The second kappa shape index (κ2) is 9.79. The van der Waals surface area contributed by atoms with Crippen molar-refractivity contribution in [3.63, 3.8) is 0 Å². The van der Waals surface area contributed by atoms with Crippen molar-refractivity contribution in [3.8, 4) is 5.75 Å². The Morgan fingerprint density at radius 1 is 1.13 bits per heavy atom. The number of carbonyl (C=O) groups is 2. The fourth-order valence-electron chi connectivity index (χ4n) is 3.62. The molecule has 1 aliphatic carbocycles. The van der Waals surface area contributed by atoms with Gasteiger partial charge in [0.05, 0.1) is 13.2 Å². The van der Waals surface area contributed by atoms with Gasteiger partial charge in [-0.25, -0.2) is 0 Å². The van der Waals surface area contributed by atoms with E-state index in [9.17, 15) is 9.59 Å². The first-order valence-corrected chi connectivity index (χ1v) is 10.8. The Morgan fingerprint density at radius 3 is 2.68 bits per heavy atom. The van der Waals surface area contributed by atoms with Crippen LogP contribution in [0.15, 0.2) is 54.6 Å². The zero-order valence-electron chi connectivity index (χ0n) is 17.9. The zero-order valence-corrected chi connectivity index (χ0v) is 17.9. The van der Waals surface area contributed by atoms with E-state index in [1.54, 1.807) is 4.90 Å². The molecule has 0 bridgehead atoms. The highest BCUT2D eigenvalue weighted by Crippen LogP contribution is 2.30. The molecule has 0 saturated heterocycles. The molecule has 1 heterocycles. The maximum Gasteiger partial charge on any atom is 0.270 e. The molecule has 1 aromatic heterocycles. The van der Waals surface area contributed by atoms with Gasteiger partial charge in [0.2, 0.25) is 0 Å². The lowest BCUT2D eigenvalue weighted by atomic mass is 10.2. The van der Waals surface area contributed by atoms with E-state index >= 15 is 0 Å². The van der Waals surface area contributed by atoms with Gasteiger partial charge in [-0.3, -0.25) is 4.79 Å². The monoisotopic (exact) mass is 419 g/mol. The van der Waals surface area contributed by atoms with E-state index < -0.39 is 0 Å². The summed E-state index contributed by atoms with van der Waals surface area (Å²) in [5.74, 6) is 1.34. The third kappa shape index (κ3) is 5.73. The topological polar surface area (TPSA) is 65.6 Å². The highest BCUT2D eigenvalue weighted by atomic mass is 16.5. The summed E-state index contributed by atoms with van der Waals surface area (Å²) >= 11 is 0. The molecule has 0 aliphatic heterocycles. The van der Waals surface area contributed by atoms with Crippen LogP contribution in [-0.2, 0) is 11.3 Å². The van der Waals surface area contributed by atoms with Crippen LogP contribution in [0.3, 0.4) is 0 Å². The summed E-state index contributed by atoms with van der Waals surface area (Å²) < 4.78 is 5.85. The predicted molar refractivity (Wildman–Crippen MR) is 121 cm³/mol. The lowest BCUT2D eigenvalue weighted by Gasteiger charge is -2.23. The number of likely N-dealkylation sites (N-methyl/N-ethyl adjacent to an activating group) is 1. The van der Waals surface area contributed by atoms with Crippen LogP contribution in [0, 0.1) is 5.92 Å². The minimum Gasteiger partial charge on any atom is -0.493 e. The summed E-state index contributed by atoms with van der Waals surface area (Å²) in [6.45, 7) is 2.77. The Morgan fingerprint density at radius 2 is 1.94 bits per heavy atom. The van der Waals surface area contributed by atoms with Crippen LogP contribution < -0.4 is 4.74 Å². The maximum absolute atomic E-state index is 13.1. The van der Waals surface area contributed by atoms with Crippen LogP contribution in [0.25, 0.3) is 10.9 Å². The standard InChI is InChI=1S/C25H29N3O3/c1-27(17-19-5-3-2-4-6-19)11-12-28(13-14-29)25(30)24-16-21-15-22(9-10-23(21)26-24)31-18-20-7-8-20/h2-6,9-10,14-16,20,26H,7-8,11-13,17-18H2,1H3. The average Bonchev–Trinajstić information content (AvgIpc) is 3.52. The highest BCUT2D eigenvalue weighted by molar-refractivity contribution is 5.98. The first-order valence-electron chi connectivity index (χ1n) is 10.8. The van der Waals surface area contributed by atoms with Crippen molar-refractivity contribution >= 4 is 23.1 Å². The SMILES string of the molecule is CN(CCN(CC=O)C(=O)c1cc2cc(OCC3CC3)ccc2[nH]1)Cc1ccccc1. The molecular formula is C25H29N3O3. The Balaban J connectivity index is 1.39. The zero-order chi connectivity index (χ0) is 21.6. The number of rotatable bonds is 11. The number of fused-ring (bicyclic) bond motifs is 1. The Bertz CT molecular complexity index is 1030. The lowest BCUT2D eigenvalue weighted by Crippen LogP contribution is -2.38. The number of carbonyl (C=O) groups excluding carboxylic acids is 2. The van der Waals surface area contributed by atoms with E-state index in [0.29, 0.717) is 24.7 Å². The fourth-order valence-corrected chi connectivity index (χ4v) is 3.62. The van der Waals surface area contributed by atoms with E-state index in [4.69, 9.17) is 4.74 Å². The van der Waals surface area contributed by atoms with Crippen molar-refractivity contribution in [3.05, 3.63) is 65.9 Å². The van der Waals surface area contributed by atoms with Crippen LogP contribution in [0.2, 0.25) is 0 Å². The molecule has 1 N–H and O–H groups in total. The Kier molecular flexibility index (Phi) is 6.67. The smallest absolute Gasteiger partial charge is 0.270 e. The van der Waals surface area contributed by atoms with Gasteiger partial charge in [0.15, 0.2) is 0 Å². The van der Waals surface area contributed by atoms with Gasteiger partial charge in [-0.1, -0.05) is 30.3 Å². The second-order valence-electron chi connectivity index (χ2n) is 8.33. The van der Waals surface area contributed by atoms with Crippen molar-refractivity contribution in [2.24, 2.45) is 5.92 Å². The molecule has 0 unspecified atom stereocenters. The van der Waals surface area contributed by atoms with Gasteiger partial charge in [0.25, 0.3) is 5.91 Å². The third-order valence-electron chi connectivity index (χ3n) is 5.63. The number of aldehydes is 1. The minimum absolute atomic E-state index is 0.0725. The molecule has 162 valence electrons. The number of ether oxygens (including phenoxy) is 1. The number of amides is 1. The summed E-state index contributed by atoms with van der Waals surface area (Å²) in [6, 6.07) is 17.9. The van der Waals surface area contributed by atoms with E-state index in [2.05, 4.69) is 22.0 Å². The molecule has 1 aliphatic rings. The molecule has 4 rings (SSSR count). The van der Waals surface area contributed by atoms with Gasteiger partial charge in [0.1, 0.15) is 17.7 Å². The van der Waals surface area contributed by atoms with Crippen molar-refractivity contribution in [1.29, 1.82) is 0 Å². The predicted octanol–water partition coefficient (Wildman–Crippen LogP) is 3.73. The summed E-state index contributed by atoms with van der Waals surface area (Å²) in [6.07, 6.45) is 3.28. The molecule has 0 spiro atoms. The summed E-state index contributed by atoms with van der Waals surface area (Å²) in [5, 5.41) is 0.934. The van der Waals surface area contributed by atoms with Crippen LogP contribution in [0.5, 0.6) is 5.75 Å². The molecule has 0 radical (unpaired) electrons. The summed E-state index contributed by atoms with van der Waals surface area (Å²) in [5.41, 5.74) is 2.59. The highest BCUT2D eigenvalue weighted by Gasteiger charge is 2.22. The molecule has 3 aromatic rings. The molecule has 31 heavy (non-hydrogen) atoms. The number of aromatic nitrogens is 1. The van der Waals surface area contributed by atoms with Gasteiger partial charge in [-0.15, -0.1) is 0 Å². The molecule has 1 fully saturated rings. The molecule has 6 heteroatoms. The van der Waals surface area contributed by atoms with Crippen LogP contribution in [-0.4, -0.2) is 60.3 Å². The first kappa shape index (κ1) is 21.1. The Hall–Kier alpha value is -3.12. The molecule has 6 nitrogen and oxygen atoms in total. The fraction of sp³-hybridized carbons (Fsp3) is 0.360. The number of benzene rings is 2. The number of nitrogens with zero attached hydrogens (tertiary/aromatic N) is 2. The van der Waals surface area contributed by atoms with Gasteiger partial charge in [0, 0.05) is 30.5 Å². The van der Waals surface area contributed by atoms with Gasteiger partial charge < -0.3 is 24.3 Å². The van der Waals surface area contributed by atoms with Gasteiger partial charge in [-0.2, -0.15) is 0 Å². The maximum atomic E-state index is 13.1. The second-order valence-corrected chi connectivity index (χ2v) is 8.33. The number of hydrogen-bond donors (Lipinski definition) is 1. The van der Waals surface area contributed by atoms with Crippen molar-refractivity contribution in [2.45, 2.75) is 19.4 Å². The average molecular weight is 420 g/mol. The third-order valence-corrected chi connectivity index (χ3v) is 5.63. The van der Waals surface area contributed by atoms with Crippen LogP contribution in [0.1, 0.15) is 28.9 Å². The number of nitrogens with one attached hydrogen (secondary N) is 1. The van der Waals surface area contributed by atoms with E-state index in [1.807, 2.05) is 49.5 Å². The first-order chi connectivity index (χ1) is 15.1. The van der Waals surface area contributed by atoms with Crippen LogP contribution >= 0.6 is 0 Å². The largest absolute Gasteiger partial charge is 0.493 e. The lowest BCUT2D eigenvalue weighted by molar-refractivity contribution is -0.108. The van der Waals surface area contributed by atoms with Crippen LogP contribution in [0.4, 0.5) is 0 Å². The molecule has 2 aromatic carbocycles. The van der Waals surface area contributed by atoms with Crippen molar-refractivity contribution in [1.82, 2.24) is 14.8 Å². The van der Waals surface area contributed by atoms with Crippen molar-refractivity contribution in [2.75, 3.05) is 33.3 Å². The molecule has 1 saturated carbocycles. The number of H-pyrrole nitrogens is 1. The van der Waals surface area contributed by atoms with Gasteiger partial charge in [-0.05, 0) is 55.6 Å². The molecule has 1 amide bonds. The Labute approximate surface area is 182 Å². The summed E-state index contributed by atoms with van der Waals surface area (Å²) in [7, 11) is 2.02. The quantitative estimate of drug-likeness (QED) is 0.481. The number of hydrogen-bond acceptors (Lipinski definition) is 4. The van der Waals surface area contributed by atoms with Gasteiger partial charge >= 0.3 is 0 Å². The summed E-state index contributed by atoms with van der Waals surface area (Å²) in [4.78, 5) is 31.2.